The molecule has 1 aromatic carbocycles. The number of nitrogens with zero attached hydrogens (tertiary/aromatic N) is 3. The summed E-state index contributed by atoms with van der Waals surface area (Å²) in [5.41, 5.74) is 8.53. The van der Waals surface area contributed by atoms with E-state index in [2.05, 4.69) is 14.5 Å². The van der Waals surface area contributed by atoms with Crippen molar-refractivity contribution in [1.82, 2.24) is 9.55 Å². The number of imidazole rings is 1. The Morgan fingerprint density at radius 1 is 1.35 bits per heavy atom. The molecule has 3 rings (SSSR count). The molecule has 0 saturated carbocycles. The normalized spacial score (nSPS) is 16.1. The molecule has 106 valence electrons. The number of nitrogens with two attached hydrogens (primary N) is 1. The number of hydrogen-bond acceptors (Lipinski definition) is 3. The van der Waals surface area contributed by atoms with E-state index in [9.17, 15) is 4.39 Å². The van der Waals surface area contributed by atoms with Gasteiger partial charge in [0, 0.05) is 37.2 Å². The minimum absolute atomic E-state index is 0.193. The number of aromatic nitrogens is 2. The molecule has 2 aromatic rings. The van der Waals surface area contributed by atoms with Crippen LogP contribution in [-0.2, 0) is 13.1 Å². The summed E-state index contributed by atoms with van der Waals surface area (Å²) >= 11 is 0. The zero-order valence-corrected chi connectivity index (χ0v) is 11.8. The van der Waals surface area contributed by atoms with Gasteiger partial charge in [0.05, 0.1) is 6.54 Å². The summed E-state index contributed by atoms with van der Waals surface area (Å²) in [7, 11) is 0. The molecule has 0 spiro atoms. The maximum Gasteiger partial charge on any atom is 0.128 e. The van der Waals surface area contributed by atoms with Gasteiger partial charge >= 0.3 is 0 Å². The van der Waals surface area contributed by atoms with Crippen LogP contribution in [0, 0.1) is 12.7 Å². The summed E-state index contributed by atoms with van der Waals surface area (Å²) in [6.07, 6.45) is 3.82. The Bertz CT molecular complexity index is 633. The summed E-state index contributed by atoms with van der Waals surface area (Å²) in [6.45, 7) is 6.18. The summed E-state index contributed by atoms with van der Waals surface area (Å²) in [5.74, 6) is 0.841. The monoisotopic (exact) mass is 274 g/mol. The van der Waals surface area contributed by atoms with Crippen LogP contribution >= 0.6 is 0 Å². The molecule has 5 heteroatoms. The number of hydrogen-bond donors (Lipinski definition) is 1. The van der Waals surface area contributed by atoms with Gasteiger partial charge in [-0.1, -0.05) is 0 Å². The van der Waals surface area contributed by atoms with Gasteiger partial charge < -0.3 is 15.2 Å². The molecule has 0 radical (unpaired) electrons. The van der Waals surface area contributed by atoms with Crippen LogP contribution in [0.5, 0.6) is 0 Å². The molecule has 1 atom stereocenters. The first kappa shape index (κ1) is 13.1. The quantitative estimate of drug-likeness (QED) is 0.914. The van der Waals surface area contributed by atoms with Crippen LogP contribution in [0.25, 0.3) is 0 Å². The fourth-order valence-corrected chi connectivity index (χ4v) is 2.70. The number of halogens is 1. The minimum Gasteiger partial charge on any atom is -0.362 e. The van der Waals surface area contributed by atoms with Crippen molar-refractivity contribution < 1.29 is 4.39 Å². The van der Waals surface area contributed by atoms with Crippen LogP contribution < -0.4 is 10.6 Å². The van der Waals surface area contributed by atoms with Gasteiger partial charge in [0.2, 0.25) is 0 Å². The first-order chi connectivity index (χ1) is 9.56. The van der Waals surface area contributed by atoms with Crippen LogP contribution in [0.15, 0.2) is 24.5 Å². The van der Waals surface area contributed by atoms with Crippen molar-refractivity contribution in [3.05, 3.63) is 47.3 Å². The summed E-state index contributed by atoms with van der Waals surface area (Å²) in [5, 5.41) is 0. The lowest BCUT2D eigenvalue weighted by atomic mass is 10.0. The molecule has 1 aromatic heterocycles. The van der Waals surface area contributed by atoms with E-state index >= 15 is 0 Å². The first-order valence-corrected chi connectivity index (χ1v) is 6.87. The second kappa shape index (κ2) is 4.90. The second-order valence-electron chi connectivity index (χ2n) is 5.41. The molecule has 0 amide bonds. The third kappa shape index (κ3) is 2.18. The molecular weight excluding hydrogens is 255 g/mol. The van der Waals surface area contributed by atoms with Crippen molar-refractivity contribution in [1.29, 1.82) is 0 Å². The predicted molar refractivity (Wildman–Crippen MR) is 77.0 cm³/mol. The van der Waals surface area contributed by atoms with Gasteiger partial charge in [-0.25, -0.2) is 9.37 Å². The second-order valence-corrected chi connectivity index (χ2v) is 5.41. The average Bonchev–Trinajstić information content (AvgIpc) is 2.88. The van der Waals surface area contributed by atoms with Gasteiger partial charge in [-0.2, -0.15) is 0 Å². The topological polar surface area (TPSA) is 47.1 Å². The maximum absolute atomic E-state index is 13.8. The molecule has 0 aliphatic carbocycles. The smallest absolute Gasteiger partial charge is 0.128 e. The fraction of sp³-hybridized carbons (Fsp3) is 0.400. The zero-order chi connectivity index (χ0) is 14.3. The van der Waals surface area contributed by atoms with Gasteiger partial charge in [0.25, 0.3) is 0 Å². The standard InChI is InChI=1S/C15H19FN4/c1-10-7-14(12(11(2)17)8-13(10)16)20-6-5-19-4-3-18-15(19)9-20/h3-4,7-8,11H,5-6,9,17H2,1-2H3. The molecule has 0 saturated heterocycles. The molecule has 1 unspecified atom stereocenters. The highest BCUT2D eigenvalue weighted by Gasteiger charge is 2.21. The largest absolute Gasteiger partial charge is 0.362 e. The summed E-state index contributed by atoms with van der Waals surface area (Å²) in [4.78, 5) is 6.59. The Hall–Kier alpha value is -1.88. The molecular formula is C15H19FN4. The van der Waals surface area contributed by atoms with E-state index in [1.54, 1.807) is 13.0 Å². The van der Waals surface area contributed by atoms with Crippen molar-refractivity contribution >= 4 is 5.69 Å². The molecule has 4 nitrogen and oxygen atoms in total. The Balaban J connectivity index is 2.00. The average molecular weight is 274 g/mol. The highest BCUT2D eigenvalue weighted by Crippen LogP contribution is 2.30. The van der Waals surface area contributed by atoms with Crippen molar-refractivity contribution in [2.24, 2.45) is 5.73 Å². The number of fused-ring (bicyclic) bond motifs is 1. The molecule has 2 heterocycles. The summed E-state index contributed by atoms with van der Waals surface area (Å²) < 4.78 is 15.9. The van der Waals surface area contributed by atoms with Crippen molar-refractivity contribution in [2.75, 3.05) is 11.4 Å². The Labute approximate surface area is 118 Å². The van der Waals surface area contributed by atoms with E-state index in [4.69, 9.17) is 5.73 Å². The van der Waals surface area contributed by atoms with Crippen molar-refractivity contribution in [2.45, 2.75) is 33.0 Å². The van der Waals surface area contributed by atoms with Crippen LogP contribution in [-0.4, -0.2) is 16.1 Å². The van der Waals surface area contributed by atoms with Crippen LogP contribution in [0.1, 0.15) is 29.9 Å². The number of aryl methyl sites for hydroxylation is 1. The first-order valence-electron chi connectivity index (χ1n) is 6.87. The van der Waals surface area contributed by atoms with Crippen LogP contribution in [0.2, 0.25) is 0 Å². The Kier molecular flexibility index (Phi) is 3.22. The van der Waals surface area contributed by atoms with Crippen LogP contribution in [0.3, 0.4) is 0 Å². The highest BCUT2D eigenvalue weighted by molar-refractivity contribution is 5.57. The van der Waals surface area contributed by atoms with Gasteiger partial charge in [0.1, 0.15) is 11.6 Å². The van der Waals surface area contributed by atoms with Crippen molar-refractivity contribution in [3.8, 4) is 0 Å². The molecule has 20 heavy (non-hydrogen) atoms. The zero-order valence-electron chi connectivity index (χ0n) is 11.8. The highest BCUT2D eigenvalue weighted by atomic mass is 19.1. The molecule has 0 fully saturated rings. The van der Waals surface area contributed by atoms with Gasteiger partial charge in [-0.3, -0.25) is 0 Å². The third-order valence-corrected chi connectivity index (χ3v) is 3.88. The maximum atomic E-state index is 13.8. The molecule has 1 aliphatic heterocycles. The van der Waals surface area contributed by atoms with Gasteiger partial charge in [-0.15, -0.1) is 0 Å². The van der Waals surface area contributed by atoms with E-state index in [1.165, 1.54) is 0 Å². The lowest BCUT2D eigenvalue weighted by Gasteiger charge is -2.32. The SMILES string of the molecule is Cc1cc(N2CCn3ccnc3C2)c(C(C)N)cc1F. The molecule has 2 N–H and O–H groups in total. The Morgan fingerprint density at radius 2 is 2.15 bits per heavy atom. The third-order valence-electron chi connectivity index (χ3n) is 3.88. The van der Waals surface area contributed by atoms with E-state index in [-0.39, 0.29) is 11.9 Å². The van der Waals surface area contributed by atoms with Crippen molar-refractivity contribution in [3.63, 3.8) is 0 Å². The van der Waals surface area contributed by atoms with E-state index in [0.717, 1.165) is 36.7 Å². The number of benzene rings is 1. The van der Waals surface area contributed by atoms with Gasteiger partial charge in [0.15, 0.2) is 0 Å². The van der Waals surface area contributed by atoms with Gasteiger partial charge in [-0.05, 0) is 37.1 Å². The molecule has 0 bridgehead atoms. The number of rotatable bonds is 2. The van der Waals surface area contributed by atoms with Crippen LogP contribution in [0.4, 0.5) is 10.1 Å². The van der Waals surface area contributed by atoms with E-state index in [1.807, 2.05) is 25.4 Å². The Morgan fingerprint density at radius 3 is 2.90 bits per heavy atom. The summed E-state index contributed by atoms with van der Waals surface area (Å²) in [6, 6.07) is 3.27. The predicted octanol–water partition coefficient (Wildman–Crippen LogP) is 2.37. The van der Waals surface area contributed by atoms with E-state index in [0.29, 0.717) is 5.56 Å². The fourth-order valence-electron chi connectivity index (χ4n) is 2.70. The molecule has 1 aliphatic rings. The van der Waals surface area contributed by atoms with E-state index < -0.39 is 0 Å². The lowest BCUT2D eigenvalue weighted by Crippen LogP contribution is -2.34. The number of anilines is 1. The minimum atomic E-state index is -0.195. The lowest BCUT2D eigenvalue weighted by molar-refractivity contribution is 0.555.